The van der Waals surface area contributed by atoms with Crippen molar-refractivity contribution in [3.63, 3.8) is 0 Å². The second kappa shape index (κ2) is 6.81. The monoisotopic (exact) mass is 360 g/mol. The van der Waals surface area contributed by atoms with Gasteiger partial charge in [-0.05, 0) is 38.1 Å². The summed E-state index contributed by atoms with van der Waals surface area (Å²) >= 11 is 0. The third-order valence-corrected chi connectivity index (χ3v) is 5.45. The van der Waals surface area contributed by atoms with Crippen LogP contribution in [0.4, 0.5) is 11.5 Å². The van der Waals surface area contributed by atoms with E-state index < -0.39 is 10.2 Å². The van der Waals surface area contributed by atoms with Crippen LogP contribution in [0.2, 0.25) is 0 Å². The molecule has 2 aromatic rings. The molecule has 1 aromatic carbocycles. The second-order valence-electron chi connectivity index (χ2n) is 5.99. The summed E-state index contributed by atoms with van der Waals surface area (Å²) in [4.78, 5) is 18.2. The van der Waals surface area contributed by atoms with Crippen LogP contribution in [-0.4, -0.2) is 43.2 Å². The van der Waals surface area contributed by atoms with Crippen molar-refractivity contribution in [1.29, 1.82) is 0 Å². The van der Waals surface area contributed by atoms with E-state index in [4.69, 9.17) is 0 Å². The highest BCUT2D eigenvalue weighted by Gasteiger charge is 2.32. The lowest BCUT2D eigenvalue weighted by molar-refractivity contribution is -0.119. The molecule has 1 fully saturated rings. The summed E-state index contributed by atoms with van der Waals surface area (Å²) in [6.07, 6.45) is 0. The molecule has 8 heteroatoms. The van der Waals surface area contributed by atoms with Crippen LogP contribution in [-0.2, 0) is 15.0 Å². The van der Waals surface area contributed by atoms with E-state index in [-0.39, 0.29) is 24.8 Å². The fourth-order valence-corrected chi connectivity index (χ4v) is 3.76. The molecular formula is C17H20N4O3S. The fourth-order valence-electron chi connectivity index (χ4n) is 2.65. The zero-order valence-electron chi connectivity index (χ0n) is 14.1. The first-order valence-electron chi connectivity index (χ1n) is 7.94. The van der Waals surface area contributed by atoms with Crippen molar-refractivity contribution in [2.45, 2.75) is 13.8 Å². The maximum Gasteiger partial charge on any atom is 0.303 e. The summed E-state index contributed by atoms with van der Waals surface area (Å²) in [5.41, 5.74) is 2.59. The number of benzene rings is 1. The third-order valence-electron chi connectivity index (χ3n) is 3.99. The van der Waals surface area contributed by atoms with Gasteiger partial charge in [-0.1, -0.05) is 23.8 Å². The first-order chi connectivity index (χ1) is 11.8. The maximum absolute atomic E-state index is 12.5. The summed E-state index contributed by atoms with van der Waals surface area (Å²) in [6, 6.07) is 12.7. The highest BCUT2D eigenvalue weighted by molar-refractivity contribution is 7.90. The Morgan fingerprint density at radius 2 is 1.76 bits per heavy atom. The van der Waals surface area contributed by atoms with Gasteiger partial charge < -0.3 is 4.90 Å². The van der Waals surface area contributed by atoms with Gasteiger partial charge in [0.2, 0.25) is 5.91 Å². The minimum atomic E-state index is -3.83. The van der Waals surface area contributed by atoms with E-state index in [2.05, 4.69) is 9.71 Å². The molecule has 0 atom stereocenters. The van der Waals surface area contributed by atoms with Crippen LogP contribution in [0, 0.1) is 13.8 Å². The van der Waals surface area contributed by atoms with Gasteiger partial charge in [-0.25, -0.2) is 4.98 Å². The fraction of sp³-hybridized carbons (Fsp3) is 0.294. The van der Waals surface area contributed by atoms with E-state index in [1.54, 1.807) is 30.0 Å². The lowest BCUT2D eigenvalue weighted by atomic mass is 10.2. The summed E-state index contributed by atoms with van der Waals surface area (Å²) in [7, 11) is -3.83. The van der Waals surface area contributed by atoms with Crippen molar-refractivity contribution in [2.24, 2.45) is 0 Å². The number of piperazine rings is 1. The molecule has 0 aliphatic carbocycles. The molecular weight excluding hydrogens is 340 g/mol. The predicted octanol–water partition coefficient (Wildman–Crippen LogP) is 1.70. The molecule has 25 heavy (non-hydrogen) atoms. The van der Waals surface area contributed by atoms with Crippen LogP contribution < -0.4 is 9.62 Å². The summed E-state index contributed by atoms with van der Waals surface area (Å²) in [6.45, 7) is 4.09. The topological polar surface area (TPSA) is 82.6 Å². The van der Waals surface area contributed by atoms with Gasteiger partial charge in [0.15, 0.2) is 0 Å². The average molecular weight is 360 g/mol. The molecule has 3 rings (SSSR count). The number of amides is 1. The zero-order chi connectivity index (χ0) is 18.0. The summed E-state index contributed by atoms with van der Waals surface area (Å²) in [5, 5.41) is 0. The Bertz CT molecular complexity index is 881. The van der Waals surface area contributed by atoms with E-state index in [9.17, 15) is 13.2 Å². The summed E-state index contributed by atoms with van der Waals surface area (Å²) < 4.78 is 28.6. The minimum Gasteiger partial charge on any atom is -0.310 e. The van der Waals surface area contributed by atoms with Crippen LogP contribution in [0.3, 0.4) is 0 Å². The molecule has 1 amide bonds. The van der Waals surface area contributed by atoms with Gasteiger partial charge in [0.25, 0.3) is 0 Å². The number of hydrogen-bond acceptors (Lipinski definition) is 4. The van der Waals surface area contributed by atoms with Gasteiger partial charge in [0.1, 0.15) is 5.82 Å². The largest absolute Gasteiger partial charge is 0.310 e. The van der Waals surface area contributed by atoms with Crippen molar-refractivity contribution in [1.82, 2.24) is 9.29 Å². The van der Waals surface area contributed by atoms with Crippen molar-refractivity contribution < 1.29 is 13.2 Å². The molecule has 0 spiro atoms. The Balaban J connectivity index is 1.71. The maximum atomic E-state index is 12.5. The van der Waals surface area contributed by atoms with Crippen LogP contribution >= 0.6 is 0 Å². The Kier molecular flexibility index (Phi) is 4.73. The molecule has 0 bridgehead atoms. The van der Waals surface area contributed by atoms with Gasteiger partial charge in [-0.2, -0.15) is 12.7 Å². The zero-order valence-corrected chi connectivity index (χ0v) is 15.0. The van der Waals surface area contributed by atoms with E-state index in [1.807, 2.05) is 31.2 Å². The molecule has 1 aliphatic rings. The van der Waals surface area contributed by atoms with E-state index >= 15 is 0 Å². The van der Waals surface area contributed by atoms with Crippen molar-refractivity contribution in [3.8, 4) is 0 Å². The molecule has 0 saturated carbocycles. The number of nitrogens with zero attached hydrogens (tertiary/aromatic N) is 3. The van der Waals surface area contributed by atoms with Gasteiger partial charge >= 0.3 is 10.2 Å². The van der Waals surface area contributed by atoms with E-state index in [1.165, 1.54) is 0 Å². The third kappa shape index (κ3) is 3.97. The normalized spacial score (nSPS) is 16.1. The molecule has 1 saturated heterocycles. The van der Waals surface area contributed by atoms with Crippen LogP contribution in [0.5, 0.6) is 0 Å². The van der Waals surface area contributed by atoms with Gasteiger partial charge in [0.05, 0.1) is 6.54 Å². The van der Waals surface area contributed by atoms with E-state index in [0.29, 0.717) is 12.2 Å². The van der Waals surface area contributed by atoms with Gasteiger partial charge in [-0.3, -0.25) is 9.52 Å². The Morgan fingerprint density at radius 3 is 2.40 bits per heavy atom. The predicted molar refractivity (Wildman–Crippen MR) is 96.6 cm³/mol. The molecule has 7 nitrogen and oxygen atoms in total. The molecule has 1 N–H and O–H groups in total. The molecule has 1 aromatic heterocycles. The number of pyridine rings is 1. The van der Waals surface area contributed by atoms with Crippen LogP contribution in [0.25, 0.3) is 0 Å². The first-order valence-corrected chi connectivity index (χ1v) is 9.38. The van der Waals surface area contributed by atoms with Crippen molar-refractivity contribution >= 4 is 27.6 Å². The Labute approximate surface area is 147 Å². The van der Waals surface area contributed by atoms with E-state index in [0.717, 1.165) is 15.6 Å². The number of aromatic nitrogens is 1. The minimum absolute atomic E-state index is 0.199. The number of rotatable bonds is 4. The lowest BCUT2D eigenvalue weighted by Crippen LogP contribution is -2.53. The quantitative estimate of drug-likeness (QED) is 0.900. The number of aryl methyl sites for hydroxylation is 2. The number of carbonyl (C=O) groups is 1. The first kappa shape index (κ1) is 17.4. The Hall–Kier alpha value is -2.45. The van der Waals surface area contributed by atoms with Crippen LogP contribution in [0.1, 0.15) is 11.3 Å². The van der Waals surface area contributed by atoms with Gasteiger partial charge in [0, 0.05) is 24.5 Å². The number of hydrogen-bond donors (Lipinski definition) is 1. The van der Waals surface area contributed by atoms with Crippen LogP contribution in [0.15, 0.2) is 42.5 Å². The van der Waals surface area contributed by atoms with Crippen molar-refractivity contribution in [3.05, 3.63) is 53.7 Å². The standard InChI is InChI=1S/C17H20N4O3S/c1-13-6-8-15(9-7-13)21-11-10-20(12-17(21)22)25(23,24)19-16-5-3-4-14(2)18-16/h3-9H,10-12H2,1-2H3,(H,18,19). The molecule has 2 heterocycles. The molecule has 1 aliphatic heterocycles. The second-order valence-corrected chi connectivity index (χ2v) is 7.66. The Morgan fingerprint density at radius 1 is 1.04 bits per heavy atom. The van der Waals surface area contributed by atoms with Gasteiger partial charge in [-0.15, -0.1) is 0 Å². The smallest absolute Gasteiger partial charge is 0.303 e. The highest BCUT2D eigenvalue weighted by Crippen LogP contribution is 2.20. The molecule has 132 valence electrons. The number of anilines is 2. The molecule has 0 radical (unpaired) electrons. The molecule has 0 unspecified atom stereocenters. The van der Waals surface area contributed by atoms with Crippen molar-refractivity contribution in [2.75, 3.05) is 29.3 Å². The SMILES string of the molecule is Cc1ccc(N2CCN(S(=O)(=O)Nc3cccc(C)n3)CC2=O)cc1. The summed E-state index contributed by atoms with van der Waals surface area (Å²) in [5.74, 6) is -0.00825. The average Bonchev–Trinajstić information content (AvgIpc) is 2.55. The number of carbonyl (C=O) groups excluding carboxylic acids is 1. The lowest BCUT2D eigenvalue weighted by Gasteiger charge is -2.33. The highest BCUT2D eigenvalue weighted by atomic mass is 32.2. The number of nitrogens with one attached hydrogen (secondary N) is 1.